The minimum Gasteiger partial charge on any atom is -0.307 e. The van der Waals surface area contributed by atoms with E-state index in [0.717, 1.165) is 11.6 Å². The van der Waals surface area contributed by atoms with Crippen molar-refractivity contribution in [2.45, 2.75) is 6.54 Å². The van der Waals surface area contributed by atoms with Gasteiger partial charge in [0.2, 0.25) is 0 Å². The Morgan fingerprint density at radius 2 is 2.18 bits per heavy atom. The molecule has 0 unspecified atom stereocenters. The predicted octanol–water partition coefficient (Wildman–Crippen LogP) is 2.20. The second-order valence-electron chi connectivity index (χ2n) is 2.77. The van der Waals surface area contributed by atoms with E-state index < -0.39 is 0 Å². The van der Waals surface area contributed by atoms with E-state index in [-0.39, 0.29) is 0 Å². The van der Waals surface area contributed by atoms with Crippen molar-refractivity contribution < 1.29 is 0 Å². The Labute approximate surface area is 72.6 Å². The molecule has 0 bridgehead atoms. The lowest BCUT2D eigenvalue weighted by atomic mass is 10.2. The molecule has 11 heavy (non-hydrogen) atoms. The third kappa shape index (κ3) is 2.91. The zero-order valence-corrected chi connectivity index (χ0v) is 7.52. The molecule has 1 nitrogen and oxygen atoms in total. The highest BCUT2D eigenvalue weighted by atomic mass is 35.5. The Morgan fingerprint density at radius 1 is 1.45 bits per heavy atom. The summed E-state index contributed by atoms with van der Waals surface area (Å²) in [6, 6.07) is 8.76. The number of hydrogen-bond donors (Lipinski definition) is 0. The standard InChI is InChI=1S/C9H11ClN/c1-11(2)7-8-3-5-9(10)6-4-8/h3,5-6H,7H2,1-2H3/q-1. The molecule has 0 heterocycles. The van der Waals surface area contributed by atoms with Crippen molar-refractivity contribution in [1.29, 1.82) is 0 Å². The largest absolute Gasteiger partial charge is 0.307 e. The molecular weight excluding hydrogens is 158 g/mol. The summed E-state index contributed by atoms with van der Waals surface area (Å²) in [5.74, 6) is 0. The molecule has 0 fully saturated rings. The van der Waals surface area contributed by atoms with Gasteiger partial charge in [0, 0.05) is 6.54 Å². The molecule has 0 radical (unpaired) electrons. The Balaban J connectivity index is 2.66. The van der Waals surface area contributed by atoms with Gasteiger partial charge in [-0.15, -0.1) is 5.56 Å². The maximum absolute atomic E-state index is 5.70. The zero-order valence-electron chi connectivity index (χ0n) is 6.76. The molecule has 60 valence electrons. The monoisotopic (exact) mass is 168 g/mol. The first kappa shape index (κ1) is 8.57. The van der Waals surface area contributed by atoms with Crippen LogP contribution in [0.5, 0.6) is 0 Å². The minimum absolute atomic E-state index is 0.743. The molecule has 0 amide bonds. The van der Waals surface area contributed by atoms with E-state index in [1.54, 1.807) is 6.07 Å². The molecule has 1 aromatic rings. The third-order valence-electron chi connectivity index (χ3n) is 1.33. The molecule has 1 aromatic carbocycles. The third-order valence-corrected chi connectivity index (χ3v) is 1.56. The Hall–Kier alpha value is -0.530. The summed E-state index contributed by atoms with van der Waals surface area (Å²) in [4.78, 5) is 2.10. The fraction of sp³-hybridized carbons (Fsp3) is 0.333. The smallest absolute Gasteiger partial charge is 0.000122 e. The molecule has 0 aliphatic heterocycles. The van der Waals surface area contributed by atoms with Gasteiger partial charge in [0.25, 0.3) is 0 Å². The lowest BCUT2D eigenvalue weighted by Gasteiger charge is -2.13. The van der Waals surface area contributed by atoms with Crippen LogP contribution in [0.25, 0.3) is 0 Å². The molecular formula is C9H11ClN-. The Kier molecular flexibility index (Phi) is 2.92. The first-order chi connectivity index (χ1) is 5.18. The first-order valence-corrected chi connectivity index (χ1v) is 3.87. The van der Waals surface area contributed by atoms with Crippen molar-refractivity contribution >= 4 is 11.6 Å². The highest BCUT2D eigenvalue weighted by molar-refractivity contribution is 6.30. The summed E-state index contributed by atoms with van der Waals surface area (Å²) in [5, 5.41) is 0.743. The molecule has 0 aliphatic carbocycles. The van der Waals surface area contributed by atoms with Crippen molar-refractivity contribution in [2.24, 2.45) is 0 Å². The van der Waals surface area contributed by atoms with Crippen LogP contribution < -0.4 is 0 Å². The quantitative estimate of drug-likeness (QED) is 0.612. The topological polar surface area (TPSA) is 3.24 Å². The van der Waals surface area contributed by atoms with Crippen LogP contribution in [0.3, 0.4) is 0 Å². The highest BCUT2D eigenvalue weighted by Gasteiger charge is 1.86. The van der Waals surface area contributed by atoms with E-state index in [2.05, 4.69) is 11.0 Å². The second kappa shape index (κ2) is 3.74. The zero-order chi connectivity index (χ0) is 8.27. The van der Waals surface area contributed by atoms with E-state index in [0.29, 0.717) is 0 Å². The molecule has 0 aliphatic rings. The first-order valence-electron chi connectivity index (χ1n) is 3.49. The van der Waals surface area contributed by atoms with E-state index in [1.165, 1.54) is 5.56 Å². The van der Waals surface area contributed by atoms with Gasteiger partial charge >= 0.3 is 0 Å². The van der Waals surface area contributed by atoms with Gasteiger partial charge in [0.15, 0.2) is 0 Å². The summed E-state index contributed by atoms with van der Waals surface area (Å²) < 4.78 is 0. The van der Waals surface area contributed by atoms with Crippen LogP contribution in [0.15, 0.2) is 18.2 Å². The SMILES string of the molecule is CN(C)Cc1[c-]cc(Cl)cc1. The normalized spacial score (nSPS) is 10.5. The van der Waals surface area contributed by atoms with Gasteiger partial charge in [-0.1, -0.05) is 5.02 Å². The van der Waals surface area contributed by atoms with Crippen molar-refractivity contribution in [2.75, 3.05) is 14.1 Å². The second-order valence-corrected chi connectivity index (χ2v) is 3.21. The fourth-order valence-electron chi connectivity index (χ4n) is 0.877. The molecule has 1 rings (SSSR count). The average Bonchev–Trinajstić information content (AvgIpc) is 1.93. The predicted molar refractivity (Wildman–Crippen MR) is 47.7 cm³/mol. The molecule has 0 saturated heterocycles. The maximum atomic E-state index is 5.70. The van der Waals surface area contributed by atoms with Gasteiger partial charge in [-0.2, -0.15) is 35.9 Å². The van der Waals surface area contributed by atoms with Crippen molar-refractivity contribution in [1.82, 2.24) is 4.90 Å². The maximum Gasteiger partial charge on any atom is 0.000122 e. The number of halogens is 1. The number of hydrogen-bond acceptors (Lipinski definition) is 1. The van der Waals surface area contributed by atoms with Crippen LogP contribution in [0.4, 0.5) is 0 Å². The van der Waals surface area contributed by atoms with Crippen molar-refractivity contribution in [3.05, 3.63) is 34.9 Å². The van der Waals surface area contributed by atoms with Gasteiger partial charge in [0.1, 0.15) is 0 Å². The molecule has 0 spiro atoms. The fourth-order valence-corrected chi connectivity index (χ4v) is 0.995. The van der Waals surface area contributed by atoms with Gasteiger partial charge in [-0.3, -0.25) is 0 Å². The molecule has 0 atom stereocenters. The number of rotatable bonds is 2. The Morgan fingerprint density at radius 3 is 2.64 bits per heavy atom. The van der Waals surface area contributed by atoms with Gasteiger partial charge in [-0.25, -0.2) is 0 Å². The molecule has 0 aromatic heterocycles. The summed E-state index contributed by atoms with van der Waals surface area (Å²) in [5.41, 5.74) is 1.17. The van der Waals surface area contributed by atoms with Crippen LogP contribution in [0.1, 0.15) is 5.56 Å². The van der Waals surface area contributed by atoms with E-state index in [1.807, 2.05) is 26.2 Å². The van der Waals surface area contributed by atoms with Crippen LogP contribution in [0, 0.1) is 6.07 Å². The van der Waals surface area contributed by atoms with Gasteiger partial charge in [-0.05, 0) is 14.1 Å². The average molecular weight is 169 g/mol. The van der Waals surface area contributed by atoms with E-state index in [9.17, 15) is 0 Å². The van der Waals surface area contributed by atoms with Crippen LogP contribution in [0.2, 0.25) is 5.02 Å². The van der Waals surface area contributed by atoms with Crippen LogP contribution >= 0.6 is 11.6 Å². The Bertz CT molecular complexity index is 216. The van der Waals surface area contributed by atoms with Crippen molar-refractivity contribution in [3.63, 3.8) is 0 Å². The summed E-state index contributed by atoms with van der Waals surface area (Å²) in [6.45, 7) is 0.914. The molecule has 2 heteroatoms. The summed E-state index contributed by atoms with van der Waals surface area (Å²) in [7, 11) is 4.06. The van der Waals surface area contributed by atoms with Crippen LogP contribution in [-0.4, -0.2) is 19.0 Å². The van der Waals surface area contributed by atoms with E-state index >= 15 is 0 Å². The summed E-state index contributed by atoms with van der Waals surface area (Å²) in [6.07, 6.45) is 0. The highest BCUT2D eigenvalue weighted by Crippen LogP contribution is 2.09. The lowest BCUT2D eigenvalue weighted by Crippen LogP contribution is -2.10. The van der Waals surface area contributed by atoms with Gasteiger partial charge < -0.3 is 4.90 Å². The van der Waals surface area contributed by atoms with E-state index in [4.69, 9.17) is 11.6 Å². The lowest BCUT2D eigenvalue weighted by molar-refractivity contribution is 0.402. The van der Waals surface area contributed by atoms with Crippen LogP contribution in [-0.2, 0) is 6.54 Å². The number of benzene rings is 1. The molecule has 0 saturated carbocycles. The molecule has 0 N–H and O–H groups in total. The number of nitrogens with zero attached hydrogens (tertiary/aromatic N) is 1. The summed E-state index contributed by atoms with van der Waals surface area (Å²) >= 11 is 5.70. The van der Waals surface area contributed by atoms with Crippen molar-refractivity contribution in [3.8, 4) is 0 Å². The van der Waals surface area contributed by atoms with Gasteiger partial charge in [0.05, 0.1) is 0 Å². The minimum atomic E-state index is 0.743.